The van der Waals surface area contributed by atoms with Crippen LogP contribution in [0.4, 0.5) is 5.69 Å². The Hall–Kier alpha value is -3.52. The van der Waals surface area contributed by atoms with Gasteiger partial charge in [-0.05, 0) is 23.1 Å². The van der Waals surface area contributed by atoms with Crippen molar-refractivity contribution >= 4 is 28.8 Å². The summed E-state index contributed by atoms with van der Waals surface area (Å²) in [5.41, 5.74) is 1.75. The van der Waals surface area contributed by atoms with Crippen molar-refractivity contribution in [3.63, 3.8) is 0 Å². The first-order valence-corrected chi connectivity index (χ1v) is 10.9. The van der Waals surface area contributed by atoms with Gasteiger partial charge in [-0.3, -0.25) is 9.59 Å². The average Bonchev–Trinajstić information content (AvgIpc) is 3.34. The van der Waals surface area contributed by atoms with E-state index in [0.29, 0.717) is 34.1 Å². The molecule has 2 heterocycles. The van der Waals surface area contributed by atoms with Crippen LogP contribution in [-0.4, -0.2) is 45.1 Å². The number of nitrogens with one attached hydrogen (secondary N) is 1. The summed E-state index contributed by atoms with van der Waals surface area (Å²) < 4.78 is 16.2. The third-order valence-electron chi connectivity index (χ3n) is 5.63. The molecule has 1 aliphatic rings. The van der Waals surface area contributed by atoms with Crippen molar-refractivity contribution in [3.05, 3.63) is 69.9 Å². The van der Waals surface area contributed by atoms with E-state index >= 15 is 0 Å². The SMILES string of the molecule is COc1cc(NC(=O)[C@H]2c3ccccc3C(=O)N(C)[C@@H]2c2cccs2)cc(OC)c1OC. The number of anilines is 1. The first kappa shape index (κ1) is 21.7. The number of rotatable bonds is 6. The molecule has 0 radical (unpaired) electrons. The fourth-order valence-electron chi connectivity index (χ4n) is 4.15. The van der Waals surface area contributed by atoms with Crippen LogP contribution in [0.15, 0.2) is 53.9 Å². The highest BCUT2D eigenvalue weighted by molar-refractivity contribution is 7.10. The number of hydrogen-bond acceptors (Lipinski definition) is 6. The van der Waals surface area contributed by atoms with Crippen LogP contribution < -0.4 is 19.5 Å². The van der Waals surface area contributed by atoms with Crippen molar-refractivity contribution in [1.29, 1.82) is 0 Å². The van der Waals surface area contributed by atoms with Gasteiger partial charge in [0.25, 0.3) is 5.91 Å². The maximum atomic E-state index is 13.7. The van der Waals surface area contributed by atoms with Crippen molar-refractivity contribution in [2.75, 3.05) is 33.7 Å². The van der Waals surface area contributed by atoms with Crippen LogP contribution in [0.3, 0.4) is 0 Å². The number of carbonyl (C=O) groups excluding carboxylic acids is 2. The molecule has 1 aromatic heterocycles. The summed E-state index contributed by atoms with van der Waals surface area (Å²) in [5.74, 6) is 0.395. The van der Waals surface area contributed by atoms with Crippen molar-refractivity contribution in [2.24, 2.45) is 0 Å². The average molecular weight is 453 g/mol. The van der Waals surface area contributed by atoms with Gasteiger partial charge < -0.3 is 24.4 Å². The summed E-state index contributed by atoms with van der Waals surface area (Å²) in [5, 5.41) is 4.94. The molecule has 0 saturated carbocycles. The van der Waals surface area contributed by atoms with Gasteiger partial charge in [-0.2, -0.15) is 0 Å². The molecule has 2 aromatic carbocycles. The summed E-state index contributed by atoms with van der Waals surface area (Å²) in [6.07, 6.45) is 0. The number of methoxy groups -OCH3 is 3. The Bertz CT molecular complexity index is 1120. The molecule has 0 unspecified atom stereocenters. The molecule has 166 valence electrons. The van der Waals surface area contributed by atoms with Crippen LogP contribution in [-0.2, 0) is 4.79 Å². The second kappa shape index (κ2) is 8.92. The lowest BCUT2D eigenvalue weighted by molar-refractivity contribution is -0.119. The van der Waals surface area contributed by atoms with E-state index in [1.807, 2.05) is 35.7 Å². The molecule has 4 rings (SSSR count). The summed E-state index contributed by atoms with van der Waals surface area (Å²) in [7, 11) is 6.31. The number of fused-ring (bicyclic) bond motifs is 1. The quantitative estimate of drug-likeness (QED) is 0.603. The fourth-order valence-corrected chi connectivity index (χ4v) is 5.05. The topological polar surface area (TPSA) is 77.1 Å². The van der Waals surface area contributed by atoms with E-state index in [2.05, 4.69) is 5.32 Å². The smallest absolute Gasteiger partial charge is 0.254 e. The Kier molecular flexibility index (Phi) is 6.05. The van der Waals surface area contributed by atoms with Gasteiger partial charge in [0.2, 0.25) is 11.7 Å². The molecule has 1 N–H and O–H groups in total. The minimum atomic E-state index is -0.591. The number of carbonyl (C=O) groups is 2. The molecule has 0 saturated heterocycles. The number of thiophene rings is 1. The fraction of sp³-hybridized carbons (Fsp3) is 0.250. The Morgan fingerprint density at radius 2 is 1.69 bits per heavy atom. The standard InChI is InChI=1S/C24H24N2O5S/c1-26-21(19-10-7-11-32-19)20(15-8-5-6-9-16(15)24(26)28)23(27)25-14-12-17(29-2)22(31-4)18(13-14)30-3/h5-13,20-21H,1-4H3,(H,25,27)/t20-,21+/m0/s1. The van der Waals surface area contributed by atoms with E-state index < -0.39 is 12.0 Å². The van der Waals surface area contributed by atoms with Gasteiger partial charge in [0.1, 0.15) is 0 Å². The molecule has 1 aliphatic heterocycles. The number of amides is 2. The summed E-state index contributed by atoms with van der Waals surface area (Å²) in [4.78, 5) is 29.3. The second-order valence-corrected chi connectivity index (χ2v) is 8.32. The first-order valence-electron chi connectivity index (χ1n) is 10.0. The van der Waals surface area contributed by atoms with Gasteiger partial charge in [-0.15, -0.1) is 11.3 Å². The van der Waals surface area contributed by atoms with Crippen LogP contribution in [0.2, 0.25) is 0 Å². The minimum Gasteiger partial charge on any atom is -0.493 e. The maximum Gasteiger partial charge on any atom is 0.254 e. The van der Waals surface area contributed by atoms with Crippen molar-refractivity contribution < 1.29 is 23.8 Å². The van der Waals surface area contributed by atoms with Crippen LogP contribution in [0.1, 0.15) is 32.8 Å². The first-order chi connectivity index (χ1) is 15.5. The number of nitrogens with zero attached hydrogens (tertiary/aromatic N) is 1. The molecule has 2 atom stereocenters. The molecule has 7 nitrogen and oxygen atoms in total. The van der Waals surface area contributed by atoms with Crippen molar-refractivity contribution in [2.45, 2.75) is 12.0 Å². The predicted octanol–water partition coefficient (Wildman–Crippen LogP) is 4.32. The third-order valence-corrected chi connectivity index (χ3v) is 6.57. The normalized spacial score (nSPS) is 17.5. The molecule has 8 heteroatoms. The lowest BCUT2D eigenvalue weighted by Crippen LogP contribution is -2.43. The molecular weight excluding hydrogens is 428 g/mol. The van der Waals surface area contributed by atoms with E-state index in [1.165, 1.54) is 32.7 Å². The molecule has 0 spiro atoms. The Morgan fingerprint density at radius 3 is 2.28 bits per heavy atom. The lowest BCUT2D eigenvalue weighted by atomic mass is 9.81. The molecule has 0 fully saturated rings. The Labute approximate surface area is 190 Å². The van der Waals surface area contributed by atoms with Gasteiger partial charge in [0, 0.05) is 35.3 Å². The van der Waals surface area contributed by atoms with E-state index in [1.54, 1.807) is 30.1 Å². The van der Waals surface area contributed by atoms with Crippen molar-refractivity contribution in [3.8, 4) is 17.2 Å². The van der Waals surface area contributed by atoms with Gasteiger partial charge in [0.05, 0.1) is 33.3 Å². The number of ether oxygens (including phenoxy) is 3. The van der Waals surface area contributed by atoms with Gasteiger partial charge >= 0.3 is 0 Å². The lowest BCUT2D eigenvalue weighted by Gasteiger charge is -2.39. The van der Waals surface area contributed by atoms with E-state index in [0.717, 1.165) is 4.88 Å². The Balaban J connectivity index is 1.77. The number of hydrogen-bond donors (Lipinski definition) is 1. The highest BCUT2D eigenvalue weighted by Crippen LogP contribution is 2.45. The Morgan fingerprint density at radius 1 is 1.00 bits per heavy atom. The zero-order valence-electron chi connectivity index (χ0n) is 18.2. The summed E-state index contributed by atoms with van der Waals surface area (Å²) in [6, 6.07) is 14.1. The van der Waals surface area contributed by atoms with Crippen LogP contribution in [0.25, 0.3) is 0 Å². The van der Waals surface area contributed by atoms with E-state index in [9.17, 15) is 9.59 Å². The van der Waals surface area contributed by atoms with Crippen molar-refractivity contribution in [1.82, 2.24) is 4.90 Å². The second-order valence-electron chi connectivity index (χ2n) is 7.34. The van der Waals surface area contributed by atoms with Crippen LogP contribution in [0, 0.1) is 0 Å². The minimum absolute atomic E-state index is 0.101. The molecule has 32 heavy (non-hydrogen) atoms. The van der Waals surface area contributed by atoms with E-state index in [-0.39, 0.29) is 11.8 Å². The molecule has 0 aliphatic carbocycles. The highest BCUT2D eigenvalue weighted by Gasteiger charge is 2.43. The summed E-state index contributed by atoms with van der Waals surface area (Å²) >= 11 is 1.52. The largest absolute Gasteiger partial charge is 0.493 e. The predicted molar refractivity (Wildman–Crippen MR) is 123 cm³/mol. The van der Waals surface area contributed by atoms with Crippen LogP contribution in [0.5, 0.6) is 17.2 Å². The monoisotopic (exact) mass is 452 g/mol. The van der Waals surface area contributed by atoms with Gasteiger partial charge in [0.15, 0.2) is 11.5 Å². The molecular formula is C24H24N2O5S. The van der Waals surface area contributed by atoms with Crippen LogP contribution >= 0.6 is 11.3 Å². The summed E-state index contributed by atoms with van der Waals surface area (Å²) in [6.45, 7) is 0. The third kappa shape index (κ3) is 3.67. The number of likely N-dealkylation sites (N-methyl/N-ethyl adjacent to an activating group) is 1. The highest BCUT2D eigenvalue weighted by atomic mass is 32.1. The molecule has 2 amide bonds. The zero-order valence-corrected chi connectivity index (χ0v) is 19.1. The van der Waals surface area contributed by atoms with Gasteiger partial charge in [-0.25, -0.2) is 0 Å². The number of benzene rings is 2. The zero-order chi connectivity index (χ0) is 22.8. The van der Waals surface area contributed by atoms with Gasteiger partial charge in [-0.1, -0.05) is 24.3 Å². The van der Waals surface area contributed by atoms with E-state index in [4.69, 9.17) is 14.2 Å². The maximum absolute atomic E-state index is 13.7. The molecule has 0 bridgehead atoms. The molecule has 3 aromatic rings.